The monoisotopic (exact) mass is 619 g/mol. The molecule has 0 saturated carbocycles. The van der Waals surface area contributed by atoms with E-state index in [2.05, 4.69) is 5.32 Å². The van der Waals surface area contributed by atoms with Gasteiger partial charge in [-0.15, -0.1) is 0 Å². The van der Waals surface area contributed by atoms with E-state index in [1.807, 2.05) is 0 Å². The van der Waals surface area contributed by atoms with Gasteiger partial charge in [0.05, 0.1) is 95.2 Å². The van der Waals surface area contributed by atoms with Crippen LogP contribution in [-0.4, -0.2) is 119 Å². The number of non-ortho nitro benzene ring substituents is 1. The molecule has 0 radical (unpaired) electrons. The molecule has 43 heavy (non-hydrogen) atoms. The zero-order valence-electron chi connectivity index (χ0n) is 24.1. The zero-order chi connectivity index (χ0) is 31.5. The number of ether oxygens (including phenoxy) is 7. The van der Waals surface area contributed by atoms with Crippen LogP contribution in [0.15, 0.2) is 18.2 Å². The van der Waals surface area contributed by atoms with Crippen molar-refractivity contribution in [1.82, 2.24) is 0 Å². The number of unbranched alkanes of at least 4 members (excludes halogenated alkanes) is 1. The Labute approximate surface area is 248 Å². The second kappa shape index (κ2) is 25.1. The number of nitrogens with one attached hydrogen (secondary N) is 1. The maximum Gasteiger partial charge on any atom is 0.305 e. The predicted octanol–water partition coefficient (Wildman–Crippen LogP) is 2.20. The second-order valence-corrected chi connectivity index (χ2v) is 8.64. The molecule has 1 rings (SSSR count). The maximum atomic E-state index is 11.5. The molecule has 0 atom stereocenters. The fourth-order valence-corrected chi connectivity index (χ4v) is 3.23. The summed E-state index contributed by atoms with van der Waals surface area (Å²) in [6.45, 7) is 4.73. The van der Waals surface area contributed by atoms with Gasteiger partial charge in [0.25, 0.3) is 11.4 Å². The first-order valence-electron chi connectivity index (χ1n) is 13.8. The third-order valence-electron chi connectivity index (χ3n) is 5.32. The number of carbonyl (C=O) groups excluding carboxylic acids is 1. The number of hydrogen-bond acceptors (Lipinski definition) is 14. The van der Waals surface area contributed by atoms with Crippen molar-refractivity contribution < 1.29 is 57.7 Å². The number of carboxylic acid groups (broad SMARTS) is 1. The van der Waals surface area contributed by atoms with Crippen molar-refractivity contribution in [1.29, 1.82) is 0 Å². The van der Waals surface area contributed by atoms with Crippen molar-refractivity contribution in [2.45, 2.75) is 25.7 Å². The van der Waals surface area contributed by atoms with Crippen LogP contribution in [0, 0.1) is 20.2 Å². The Kier molecular flexibility index (Phi) is 21.9. The van der Waals surface area contributed by atoms with E-state index in [-0.39, 0.29) is 62.2 Å². The lowest BCUT2D eigenvalue weighted by Gasteiger charge is -2.09. The topological polar surface area (TPSA) is 217 Å². The summed E-state index contributed by atoms with van der Waals surface area (Å²) in [6, 6.07) is 3.39. The number of carboxylic acids is 1. The number of benzene rings is 1. The molecule has 1 aromatic carbocycles. The average molecular weight is 620 g/mol. The van der Waals surface area contributed by atoms with Gasteiger partial charge in [0.15, 0.2) is 0 Å². The molecule has 1 aromatic rings. The summed E-state index contributed by atoms with van der Waals surface area (Å²) in [4.78, 5) is 42.4. The van der Waals surface area contributed by atoms with E-state index < -0.39 is 15.8 Å². The van der Waals surface area contributed by atoms with Gasteiger partial charge in [0.2, 0.25) is 0 Å². The third kappa shape index (κ3) is 21.0. The Balaban J connectivity index is 1.81. The fourth-order valence-electron chi connectivity index (χ4n) is 3.23. The highest BCUT2D eigenvalue weighted by atomic mass is 16.6. The molecule has 0 unspecified atom stereocenters. The van der Waals surface area contributed by atoms with Gasteiger partial charge in [-0.25, -0.2) is 0 Å². The Morgan fingerprint density at radius 2 is 1.14 bits per heavy atom. The number of esters is 1. The van der Waals surface area contributed by atoms with Crippen molar-refractivity contribution in [3.8, 4) is 0 Å². The third-order valence-corrected chi connectivity index (χ3v) is 5.32. The summed E-state index contributed by atoms with van der Waals surface area (Å²) >= 11 is 0. The number of anilines is 1. The molecule has 0 saturated heterocycles. The summed E-state index contributed by atoms with van der Waals surface area (Å²) in [5.74, 6) is -1.25. The van der Waals surface area contributed by atoms with E-state index in [0.29, 0.717) is 78.9 Å². The molecular weight excluding hydrogens is 578 g/mol. The molecule has 2 N–H and O–H groups in total. The highest BCUT2D eigenvalue weighted by Gasteiger charge is 2.19. The predicted molar refractivity (Wildman–Crippen MR) is 150 cm³/mol. The molecule has 0 aliphatic carbocycles. The summed E-state index contributed by atoms with van der Waals surface area (Å²) in [5.41, 5.74) is -0.557. The van der Waals surface area contributed by atoms with Gasteiger partial charge in [-0.2, -0.15) is 0 Å². The van der Waals surface area contributed by atoms with Gasteiger partial charge >= 0.3 is 11.9 Å². The van der Waals surface area contributed by atoms with Gasteiger partial charge in [-0.1, -0.05) is 0 Å². The molecule has 0 bridgehead atoms. The van der Waals surface area contributed by atoms with Crippen LogP contribution in [0.1, 0.15) is 25.7 Å². The Morgan fingerprint density at radius 3 is 1.60 bits per heavy atom. The van der Waals surface area contributed by atoms with Crippen LogP contribution >= 0.6 is 0 Å². The van der Waals surface area contributed by atoms with Gasteiger partial charge in [0, 0.05) is 25.5 Å². The molecule has 17 nitrogen and oxygen atoms in total. The minimum Gasteiger partial charge on any atom is -0.481 e. The first-order valence-corrected chi connectivity index (χ1v) is 13.8. The summed E-state index contributed by atoms with van der Waals surface area (Å²) in [5, 5.41) is 33.2. The van der Waals surface area contributed by atoms with Gasteiger partial charge in [-0.05, 0) is 18.9 Å². The molecule has 0 aliphatic rings. The molecule has 0 heterocycles. The normalized spacial score (nSPS) is 10.9. The average Bonchev–Trinajstić information content (AvgIpc) is 2.97. The lowest BCUT2D eigenvalue weighted by Crippen LogP contribution is -2.16. The summed E-state index contributed by atoms with van der Waals surface area (Å²) < 4.78 is 37.2. The highest BCUT2D eigenvalue weighted by Crippen LogP contribution is 2.28. The van der Waals surface area contributed by atoms with Crippen LogP contribution in [0.5, 0.6) is 0 Å². The van der Waals surface area contributed by atoms with Crippen molar-refractivity contribution in [2.75, 3.05) is 97.8 Å². The van der Waals surface area contributed by atoms with Crippen molar-refractivity contribution in [2.24, 2.45) is 0 Å². The first-order chi connectivity index (χ1) is 20.8. The Hall–Kier alpha value is -3.48. The van der Waals surface area contributed by atoms with Crippen LogP contribution in [0.2, 0.25) is 0 Å². The smallest absolute Gasteiger partial charge is 0.305 e. The van der Waals surface area contributed by atoms with E-state index in [1.165, 1.54) is 12.1 Å². The van der Waals surface area contributed by atoms with Crippen molar-refractivity contribution in [3.63, 3.8) is 0 Å². The number of rotatable bonds is 29. The molecule has 0 fully saturated rings. The van der Waals surface area contributed by atoms with Crippen LogP contribution in [0.3, 0.4) is 0 Å². The van der Waals surface area contributed by atoms with Crippen LogP contribution in [0.25, 0.3) is 0 Å². The quantitative estimate of drug-likeness (QED) is 0.0568. The molecular formula is C26H41N3O14. The standard InChI is InChI=1S/C26H41N3O14/c30-25(31)3-1-2-4-26(32)43-20-19-42-18-17-41-16-15-40-14-13-39-12-11-38-10-9-37-8-7-27-23-6-5-22(28(33)34)21-24(23)29(35)36/h5-6,21,27H,1-4,7-20H2,(H,30,31). The van der Waals surface area contributed by atoms with E-state index in [1.54, 1.807) is 0 Å². The molecule has 0 aliphatic heterocycles. The lowest BCUT2D eigenvalue weighted by atomic mass is 10.2. The van der Waals surface area contributed by atoms with E-state index in [0.717, 1.165) is 6.07 Å². The van der Waals surface area contributed by atoms with Crippen molar-refractivity contribution >= 4 is 29.0 Å². The Bertz CT molecular complexity index is 950. The number of carbonyl (C=O) groups is 2. The molecule has 0 aromatic heterocycles. The number of hydrogen-bond donors (Lipinski definition) is 2. The van der Waals surface area contributed by atoms with Crippen molar-refractivity contribution in [3.05, 3.63) is 38.4 Å². The largest absolute Gasteiger partial charge is 0.481 e. The molecule has 0 amide bonds. The van der Waals surface area contributed by atoms with Gasteiger partial charge < -0.3 is 43.6 Å². The summed E-state index contributed by atoms with van der Waals surface area (Å²) in [7, 11) is 0. The lowest BCUT2D eigenvalue weighted by molar-refractivity contribution is -0.393. The second-order valence-electron chi connectivity index (χ2n) is 8.64. The van der Waals surface area contributed by atoms with E-state index in [4.69, 9.17) is 38.3 Å². The molecule has 17 heteroatoms. The minimum atomic E-state index is -0.878. The maximum absolute atomic E-state index is 11.5. The van der Waals surface area contributed by atoms with Crippen LogP contribution in [0.4, 0.5) is 17.1 Å². The van der Waals surface area contributed by atoms with Gasteiger partial charge in [-0.3, -0.25) is 29.8 Å². The summed E-state index contributed by atoms with van der Waals surface area (Å²) in [6.07, 6.45) is 1.17. The van der Waals surface area contributed by atoms with Gasteiger partial charge in [0.1, 0.15) is 12.3 Å². The molecule has 244 valence electrons. The van der Waals surface area contributed by atoms with Crippen LogP contribution < -0.4 is 5.32 Å². The zero-order valence-corrected chi connectivity index (χ0v) is 24.1. The fraction of sp³-hybridized carbons (Fsp3) is 0.692. The number of nitro benzene ring substituents is 2. The highest BCUT2D eigenvalue weighted by molar-refractivity contribution is 5.69. The molecule has 0 spiro atoms. The number of nitro groups is 2. The number of nitrogens with zero attached hydrogens (tertiary/aromatic N) is 2. The Morgan fingerprint density at radius 1 is 0.674 bits per heavy atom. The SMILES string of the molecule is O=C(O)CCCCC(=O)OCCOCCOCCOCCOCCOCCOCCNc1ccc([N+](=O)[O-])cc1[N+](=O)[O-]. The minimum absolute atomic E-state index is 0.0443. The first kappa shape index (κ1) is 37.5. The van der Waals surface area contributed by atoms with Crippen LogP contribution in [-0.2, 0) is 42.7 Å². The number of aliphatic carboxylic acids is 1. The van der Waals surface area contributed by atoms with E-state index >= 15 is 0 Å². The van der Waals surface area contributed by atoms with E-state index in [9.17, 15) is 29.8 Å².